The summed E-state index contributed by atoms with van der Waals surface area (Å²) in [4.78, 5) is 36.8. The number of carbonyl (C=O) groups is 3. The van der Waals surface area contributed by atoms with Gasteiger partial charge in [-0.15, -0.1) is 0 Å². The molecule has 1 unspecified atom stereocenters. The average molecular weight is 453 g/mol. The Kier molecular flexibility index (Phi) is 8.34. The molecule has 0 heterocycles. The van der Waals surface area contributed by atoms with Crippen molar-refractivity contribution in [2.75, 3.05) is 13.1 Å². The molecule has 0 bridgehead atoms. The van der Waals surface area contributed by atoms with Gasteiger partial charge in [-0.2, -0.15) is 13.2 Å². The largest absolute Gasteiger partial charge is 0.416 e. The number of carbonyl (C=O) groups excluding carboxylic acids is 3. The quantitative estimate of drug-likeness (QED) is 0.424. The Bertz CT molecular complexity index is 960. The molecule has 0 aliphatic carbocycles. The summed E-state index contributed by atoms with van der Waals surface area (Å²) in [5.74, 6) is -2.85. The van der Waals surface area contributed by atoms with Crippen LogP contribution in [0.5, 0.6) is 0 Å². The molecule has 0 aromatic heterocycles. The molecule has 172 valence electrons. The second-order valence-electron chi connectivity index (χ2n) is 7.30. The minimum atomic E-state index is -4.49. The van der Waals surface area contributed by atoms with Crippen molar-refractivity contribution in [1.82, 2.24) is 16.0 Å². The second kappa shape index (κ2) is 10.7. The van der Waals surface area contributed by atoms with Gasteiger partial charge in [0.15, 0.2) is 0 Å². The van der Waals surface area contributed by atoms with Gasteiger partial charge in [0.2, 0.25) is 5.91 Å². The van der Waals surface area contributed by atoms with Crippen molar-refractivity contribution in [3.05, 3.63) is 71.0 Å². The Balaban J connectivity index is 1.85. The van der Waals surface area contributed by atoms with E-state index in [0.29, 0.717) is 0 Å². The van der Waals surface area contributed by atoms with E-state index in [4.69, 9.17) is 0 Å². The molecule has 0 spiro atoms. The minimum absolute atomic E-state index is 0.0116. The zero-order chi connectivity index (χ0) is 23.9. The summed E-state index contributed by atoms with van der Waals surface area (Å²) in [6, 6.07) is 8.18. The average Bonchev–Trinajstić information content (AvgIpc) is 2.74. The highest BCUT2D eigenvalue weighted by Gasteiger charge is 2.30. The zero-order valence-corrected chi connectivity index (χ0v) is 17.4. The van der Waals surface area contributed by atoms with Gasteiger partial charge in [0.1, 0.15) is 11.9 Å². The standard InChI is InChI=1S/C22H23F4N3O3/c1-13(2)18(29-20(31)16-5-3-4-6-17(16)23)21(32)28-12-11-27-19(30)14-7-9-15(10-8-14)22(24,25)26/h3-10,13,18H,11-12H2,1-2H3,(H,27,30)(H,28,32)(H,29,31). The molecule has 1 atom stereocenters. The lowest BCUT2D eigenvalue weighted by atomic mass is 10.0. The molecule has 10 heteroatoms. The van der Waals surface area contributed by atoms with Crippen LogP contribution in [0, 0.1) is 11.7 Å². The van der Waals surface area contributed by atoms with Crippen LogP contribution in [-0.2, 0) is 11.0 Å². The fourth-order valence-corrected chi connectivity index (χ4v) is 2.78. The Labute approximate surface area is 182 Å². The van der Waals surface area contributed by atoms with Crippen molar-refractivity contribution < 1.29 is 31.9 Å². The number of benzene rings is 2. The summed E-state index contributed by atoms with van der Waals surface area (Å²) in [6.45, 7) is 3.44. The first kappa shape index (κ1) is 24.8. The summed E-state index contributed by atoms with van der Waals surface area (Å²) >= 11 is 0. The van der Waals surface area contributed by atoms with E-state index in [1.54, 1.807) is 13.8 Å². The fraction of sp³-hybridized carbons (Fsp3) is 0.318. The van der Waals surface area contributed by atoms with Gasteiger partial charge in [0.25, 0.3) is 11.8 Å². The molecule has 0 aliphatic heterocycles. The smallest absolute Gasteiger partial charge is 0.353 e. The molecule has 2 aromatic carbocycles. The molecule has 3 amide bonds. The van der Waals surface area contributed by atoms with Gasteiger partial charge in [-0.3, -0.25) is 14.4 Å². The lowest BCUT2D eigenvalue weighted by Gasteiger charge is -2.22. The maximum absolute atomic E-state index is 13.8. The molecule has 6 nitrogen and oxygen atoms in total. The summed E-state index contributed by atoms with van der Waals surface area (Å²) in [5.41, 5.74) is -1.00. The Hall–Kier alpha value is -3.43. The number of rotatable bonds is 8. The number of halogens is 4. The van der Waals surface area contributed by atoms with Crippen molar-refractivity contribution in [3.8, 4) is 0 Å². The van der Waals surface area contributed by atoms with Crippen molar-refractivity contribution in [2.45, 2.75) is 26.1 Å². The molecule has 2 rings (SSSR count). The summed E-state index contributed by atoms with van der Waals surface area (Å²) in [7, 11) is 0. The van der Waals surface area contributed by atoms with Crippen LogP contribution in [0.4, 0.5) is 17.6 Å². The molecule has 2 aromatic rings. The number of nitrogens with one attached hydrogen (secondary N) is 3. The van der Waals surface area contributed by atoms with E-state index in [-0.39, 0.29) is 30.1 Å². The SMILES string of the molecule is CC(C)C(NC(=O)c1ccccc1F)C(=O)NCCNC(=O)c1ccc(C(F)(F)F)cc1. The van der Waals surface area contributed by atoms with E-state index in [2.05, 4.69) is 16.0 Å². The molecule has 32 heavy (non-hydrogen) atoms. The number of alkyl halides is 3. The summed E-state index contributed by atoms with van der Waals surface area (Å²) in [6.07, 6.45) is -4.49. The first-order valence-electron chi connectivity index (χ1n) is 9.79. The van der Waals surface area contributed by atoms with Crippen molar-refractivity contribution in [3.63, 3.8) is 0 Å². The third-order valence-electron chi connectivity index (χ3n) is 4.54. The van der Waals surface area contributed by atoms with E-state index < -0.39 is 41.3 Å². The third kappa shape index (κ3) is 6.79. The monoisotopic (exact) mass is 453 g/mol. The van der Waals surface area contributed by atoms with E-state index in [1.165, 1.54) is 18.2 Å². The Morgan fingerprint density at radius 3 is 2.03 bits per heavy atom. The highest BCUT2D eigenvalue weighted by atomic mass is 19.4. The molecule has 0 aliphatic rings. The predicted molar refractivity (Wildman–Crippen MR) is 109 cm³/mol. The number of hydrogen-bond donors (Lipinski definition) is 3. The highest BCUT2D eigenvalue weighted by molar-refractivity contribution is 5.98. The lowest BCUT2D eigenvalue weighted by molar-refractivity contribution is -0.137. The molecule has 0 saturated heterocycles. The minimum Gasteiger partial charge on any atom is -0.353 e. The molecular weight excluding hydrogens is 430 g/mol. The summed E-state index contributed by atoms with van der Waals surface area (Å²) < 4.78 is 51.5. The second-order valence-corrected chi connectivity index (χ2v) is 7.30. The number of amides is 3. The molecule has 0 fully saturated rings. The predicted octanol–water partition coefficient (Wildman–Crippen LogP) is 3.15. The Morgan fingerprint density at radius 2 is 1.47 bits per heavy atom. The van der Waals surface area contributed by atoms with Gasteiger partial charge in [0, 0.05) is 18.7 Å². The van der Waals surface area contributed by atoms with Crippen molar-refractivity contribution >= 4 is 17.7 Å². The molecular formula is C22H23F4N3O3. The van der Waals surface area contributed by atoms with Crippen LogP contribution in [0.2, 0.25) is 0 Å². The van der Waals surface area contributed by atoms with Crippen molar-refractivity contribution in [1.29, 1.82) is 0 Å². The maximum atomic E-state index is 13.8. The maximum Gasteiger partial charge on any atom is 0.416 e. The fourth-order valence-electron chi connectivity index (χ4n) is 2.78. The van der Waals surface area contributed by atoms with E-state index in [0.717, 1.165) is 30.3 Å². The van der Waals surface area contributed by atoms with Crippen LogP contribution in [0.15, 0.2) is 48.5 Å². The van der Waals surface area contributed by atoms with Gasteiger partial charge in [0.05, 0.1) is 11.1 Å². The van der Waals surface area contributed by atoms with Crippen LogP contribution >= 0.6 is 0 Å². The molecule has 0 radical (unpaired) electrons. The lowest BCUT2D eigenvalue weighted by Crippen LogP contribution is -2.51. The van der Waals surface area contributed by atoms with E-state index in [1.807, 2.05) is 0 Å². The van der Waals surface area contributed by atoms with Crippen LogP contribution in [0.25, 0.3) is 0 Å². The summed E-state index contributed by atoms with van der Waals surface area (Å²) in [5, 5.41) is 7.54. The normalized spacial score (nSPS) is 12.2. The van der Waals surface area contributed by atoms with Gasteiger partial charge in [-0.1, -0.05) is 26.0 Å². The number of hydrogen-bond acceptors (Lipinski definition) is 3. The van der Waals surface area contributed by atoms with Crippen LogP contribution < -0.4 is 16.0 Å². The van der Waals surface area contributed by atoms with Crippen LogP contribution in [0.3, 0.4) is 0 Å². The van der Waals surface area contributed by atoms with E-state index >= 15 is 0 Å². The van der Waals surface area contributed by atoms with Gasteiger partial charge < -0.3 is 16.0 Å². The molecule has 3 N–H and O–H groups in total. The first-order valence-corrected chi connectivity index (χ1v) is 9.79. The van der Waals surface area contributed by atoms with Gasteiger partial charge in [-0.25, -0.2) is 4.39 Å². The third-order valence-corrected chi connectivity index (χ3v) is 4.54. The van der Waals surface area contributed by atoms with Crippen LogP contribution in [-0.4, -0.2) is 36.9 Å². The topological polar surface area (TPSA) is 87.3 Å². The van der Waals surface area contributed by atoms with Crippen LogP contribution in [0.1, 0.15) is 40.1 Å². The van der Waals surface area contributed by atoms with Crippen molar-refractivity contribution in [2.24, 2.45) is 5.92 Å². The van der Waals surface area contributed by atoms with Gasteiger partial charge >= 0.3 is 6.18 Å². The molecule has 0 saturated carbocycles. The van der Waals surface area contributed by atoms with Gasteiger partial charge in [-0.05, 0) is 42.3 Å². The first-order chi connectivity index (χ1) is 15.0. The Morgan fingerprint density at radius 1 is 0.875 bits per heavy atom. The zero-order valence-electron chi connectivity index (χ0n) is 17.4. The highest BCUT2D eigenvalue weighted by Crippen LogP contribution is 2.29. The van der Waals surface area contributed by atoms with E-state index in [9.17, 15) is 31.9 Å².